The van der Waals surface area contributed by atoms with E-state index in [1.807, 2.05) is 6.07 Å². The molecule has 3 aromatic rings. The van der Waals surface area contributed by atoms with Crippen molar-refractivity contribution in [2.45, 2.75) is 17.0 Å². The van der Waals surface area contributed by atoms with E-state index in [-0.39, 0.29) is 27.6 Å². The van der Waals surface area contributed by atoms with Gasteiger partial charge in [-0.1, -0.05) is 29.1 Å². The first-order valence-corrected chi connectivity index (χ1v) is 7.94. The van der Waals surface area contributed by atoms with Gasteiger partial charge in [-0.15, -0.1) is 10.2 Å². The number of hydrogen-bond acceptors (Lipinski definition) is 7. The number of tetrazole rings is 1. The van der Waals surface area contributed by atoms with E-state index < -0.39 is 17.4 Å². The van der Waals surface area contributed by atoms with Gasteiger partial charge in [0.2, 0.25) is 0 Å². The highest BCUT2D eigenvalue weighted by Gasteiger charge is 2.30. The van der Waals surface area contributed by atoms with Gasteiger partial charge in [-0.3, -0.25) is 0 Å². The minimum absolute atomic E-state index is 0.0397. The molecular formula is C14H8F3N7OS. The number of aromatic amines is 2. The Labute approximate surface area is 147 Å². The largest absolute Gasteiger partial charge is 0.416 e. The van der Waals surface area contributed by atoms with E-state index >= 15 is 0 Å². The summed E-state index contributed by atoms with van der Waals surface area (Å²) in [6, 6.07) is 6.04. The van der Waals surface area contributed by atoms with Gasteiger partial charge >= 0.3 is 11.9 Å². The molecule has 0 aliphatic heterocycles. The zero-order valence-corrected chi connectivity index (χ0v) is 13.5. The molecule has 0 atom stereocenters. The Kier molecular flexibility index (Phi) is 4.72. The highest BCUT2D eigenvalue weighted by Crippen LogP contribution is 2.32. The van der Waals surface area contributed by atoms with Gasteiger partial charge in [-0.2, -0.15) is 28.6 Å². The number of H-pyrrole nitrogens is 2. The Morgan fingerprint density at radius 1 is 1.23 bits per heavy atom. The molecule has 0 saturated carbocycles. The van der Waals surface area contributed by atoms with Crippen LogP contribution in [0.15, 0.2) is 34.1 Å². The Hall–Kier alpha value is -3.20. The average Bonchev–Trinajstić information content (AvgIpc) is 3.12. The molecule has 0 fully saturated rings. The van der Waals surface area contributed by atoms with Gasteiger partial charge in [0.15, 0.2) is 5.82 Å². The molecule has 0 saturated heterocycles. The predicted octanol–water partition coefficient (Wildman–Crippen LogP) is 2.13. The fourth-order valence-corrected chi connectivity index (χ4v) is 2.91. The Morgan fingerprint density at radius 2 is 1.96 bits per heavy atom. The van der Waals surface area contributed by atoms with Crippen molar-refractivity contribution in [2.75, 3.05) is 0 Å². The smallest absolute Gasteiger partial charge is 0.304 e. The second kappa shape index (κ2) is 6.96. The van der Waals surface area contributed by atoms with Crippen molar-refractivity contribution in [3.8, 4) is 17.3 Å². The number of alkyl halides is 3. The lowest BCUT2D eigenvalue weighted by molar-refractivity contribution is -0.137. The third kappa shape index (κ3) is 3.72. The Morgan fingerprint density at radius 3 is 2.54 bits per heavy atom. The van der Waals surface area contributed by atoms with Crippen LogP contribution in [0.25, 0.3) is 11.3 Å². The molecule has 26 heavy (non-hydrogen) atoms. The normalized spacial score (nSPS) is 11.3. The lowest BCUT2D eigenvalue weighted by atomic mass is 10.1. The van der Waals surface area contributed by atoms with Gasteiger partial charge in [0, 0.05) is 0 Å². The lowest BCUT2D eigenvalue weighted by Gasteiger charge is -2.10. The van der Waals surface area contributed by atoms with Crippen molar-refractivity contribution < 1.29 is 13.2 Å². The summed E-state index contributed by atoms with van der Waals surface area (Å²) in [7, 11) is 0. The Balaban J connectivity index is 1.99. The van der Waals surface area contributed by atoms with Gasteiger partial charge in [0.25, 0.3) is 0 Å². The summed E-state index contributed by atoms with van der Waals surface area (Å²) < 4.78 is 38.1. The molecule has 0 bridgehead atoms. The fraction of sp³-hybridized carbons (Fsp3) is 0.143. The molecule has 132 valence electrons. The molecule has 0 radical (unpaired) electrons. The minimum atomic E-state index is -4.48. The molecule has 3 rings (SSSR count). The second-order valence-corrected chi connectivity index (χ2v) is 5.86. The maximum Gasteiger partial charge on any atom is 0.416 e. The molecule has 0 amide bonds. The third-order valence-corrected chi connectivity index (χ3v) is 4.21. The molecule has 0 unspecified atom stereocenters. The summed E-state index contributed by atoms with van der Waals surface area (Å²) in [6.07, 6.45) is -4.48. The van der Waals surface area contributed by atoms with Crippen LogP contribution in [-0.2, 0) is 11.9 Å². The molecule has 2 heterocycles. The van der Waals surface area contributed by atoms with E-state index in [2.05, 4.69) is 30.6 Å². The summed E-state index contributed by atoms with van der Waals surface area (Å²) >= 11 is 1.04. The first kappa shape index (κ1) is 17.6. The molecule has 2 aromatic heterocycles. The zero-order valence-electron chi connectivity index (χ0n) is 12.7. The van der Waals surface area contributed by atoms with Gasteiger partial charge in [0.1, 0.15) is 16.7 Å². The van der Waals surface area contributed by atoms with Crippen LogP contribution in [0.4, 0.5) is 13.2 Å². The summed E-state index contributed by atoms with van der Waals surface area (Å²) in [4.78, 5) is 18.0. The van der Waals surface area contributed by atoms with E-state index in [1.165, 1.54) is 12.1 Å². The number of nitrogens with zero attached hydrogens (tertiary/aromatic N) is 5. The van der Waals surface area contributed by atoms with E-state index in [0.29, 0.717) is 5.82 Å². The zero-order chi connectivity index (χ0) is 18.7. The number of halogens is 3. The molecule has 8 nitrogen and oxygen atoms in total. The van der Waals surface area contributed by atoms with E-state index in [1.54, 1.807) is 0 Å². The number of benzene rings is 1. The number of hydrogen-bond donors (Lipinski definition) is 2. The van der Waals surface area contributed by atoms with Crippen molar-refractivity contribution in [1.29, 1.82) is 5.26 Å². The van der Waals surface area contributed by atoms with Crippen molar-refractivity contribution in [3.63, 3.8) is 0 Å². The van der Waals surface area contributed by atoms with E-state index in [9.17, 15) is 23.2 Å². The van der Waals surface area contributed by atoms with Gasteiger partial charge in [-0.05, 0) is 17.7 Å². The van der Waals surface area contributed by atoms with Crippen molar-refractivity contribution >= 4 is 11.8 Å². The van der Waals surface area contributed by atoms with Gasteiger partial charge in [0.05, 0.1) is 17.0 Å². The summed E-state index contributed by atoms with van der Waals surface area (Å²) in [6.45, 7) is 0. The van der Waals surface area contributed by atoms with Crippen LogP contribution in [0.2, 0.25) is 0 Å². The topological polar surface area (TPSA) is 124 Å². The summed E-state index contributed by atoms with van der Waals surface area (Å²) in [5.74, 6) is 0.547. The molecular weight excluding hydrogens is 371 g/mol. The third-order valence-electron chi connectivity index (χ3n) is 3.24. The monoisotopic (exact) mass is 379 g/mol. The molecule has 1 aromatic carbocycles. The summed E-state index contributed by atoms with van der Waals surface area (Å²) in [5, 5.41) is 22.7. The number of nitriles is 1. The first-order chi connectivity index (χ1) is 12.4. The lowest BCUT2D eigenvalue weighted by Crippen LogP contribution is -2.14. The van der Waals surface area contributed by atoms with Gasteiger partial charge in [-0.25, -0.2) is 4.79 Å². The predicted molar refractivity (Wildman–Crippen MR) is 83.7 cm³/mol. The van der Waals surface area contributed by atoms with Crippen LogP contribution in [-0.4, -0.2) is 30.6 Å². The molecule has 2 N–H and O–H groups in total. The molecule has 0 aliphatic rings. The Bertz CT molecular complexity index is 1010. The minimum Gasteiger partial charge on any atom is -0.304 e. The van der Waals surface area contributed by atoms with Crippen LogP contribution < -0.4 is 5.69 Å². The van der Waals surface area contributed by atoms with E-state index in [0.717, 1.165) is 23.9 Å². The van der Waals surface area contributed by atoms with E-state index in [4.69, 9.17) is 0 Å². The number of thioether (sulfide) groups is 1. The summed E-state index contributed by atoms with van der Waals surface area (Å²) in [5.41, 5.74) is -1.16. The quantitative estimate of drug-likeness (QED) is 0.526. The first-order valence-electron chi connectivity index (χ1n) is 6.95. The van der Waals surface area contributed by atoms with Crippen molar-refractivity contribution in [2.24, 2.45) is 0 Å². The fourth-order valence-electron chi connectivity index (χ4n) is 2.08. The van der Waals surface area contributed by atoms with Crippen LogP contribution in [0, 0.1) is 11.3 Å². The number of nitrogens with one attached hydrogen (secondary N) is 2. The average molecular weight is 379 g/mol. The van der Waals surface area contributed by atoms with Crippen LogP contribution in [0.3, 0.4) is 0 Å². The SMILES string of the molecule is N#Cc1c(SCc2nn[nH]n2)nc(=O)[nH]c1-c1ccc(C(F)(F)F)cc1. The second-order valence-electron chi connectivity index (χ2n) is 4.90. The molecule has 0 spiro atoms. The standard InChI is InChI=1S/C14H8F3N7OS/c15-14(16,17)8-3-1-7(2-4-8)11-9(5-18)12(20-13(25)19-11)26-6-10-21-23-24-22-10/h1-4H,6H2,(H,19,20,25)(H,21,22,23,24). The van der Waals surface area contributed by atoms with Crippen LogP contribution in [0.1, 0.15) is 17.0 Å². The maximum absolute atomic E-state index is 12.7. The number of rotatable bonds is 4. The van der Waals surface area contributed by atoms with Crippen LogP contribution in [0.5, 0.6) is 0 Å². The number of aromatic nitrogens is 6. The molecule has 12 heteroatoms. The van der Waals surface area contributed by atoms with Crippen molar-refractivity contribution in [3.05, 3.63) is 51.7 Å². The highest BCUT2D eigenvalue weighted by molar-refractivity contribution is 7.98. The highest BCUT2D eigenvalue weighted by atomic mass is 32.2. The maximum atomic E-state index is 12.7. The van der Waals surface area contributed by atoms with Gasteiger partial charge < -0.3 is 4.98 Å². The van der Waals surface area contributed by atoms with Crippen LogP contribution >= 0.6 is 11.8 Å². The molecule has 0 aliphatic carbocycles. The van der Waals surface area contributed by atoms with Crippen molar-refractivity contribution in [1.82, 2.24) is 30.6 Å².